The second kappa shape index (κ2) is 9.70. The van der Waals surface area contributed by atoms with Crippen LogP contribution < -0.4 is 10.1 Å². The first kappa shape index (κ1) is 21.0. The summed E-state index contributed by atoms with van der Waals surface area (Å²) in [6, 6.07) is 25.3. The van der Waals surface area contributed by atoms with Crippen molar-refractivity contribution in [1.29, 1.82) is 0 Å². The monoisotopic (exact) mass is 521 g/mol. The third kappa shape index (κ3) is 5.27. The van der Waals surface area contributed by atoms with Crippen LogP contribution in [0.4, 0.5) is 5.82 Å². The van der Waals surface area contributed by atoms with Gasteiger partial charge < -0.3 is 10.1 Å². The molecule has 5 nitrogen and oxygen atoms in total. The number of hydrogen-bond donors (Lipinski definition) is 1. The fourth-order valence-corrected chi connectivity index (χ4v) is 3.50. The molecule has 1 N–H and O–H groups in total. The van der Waals surface area contributed by atoms with Gasteiger partial charge in [-0.25, -0.2) is 9.97 Å². The largest absolute Gasteiger partial charge is 0.497 e. The van der Waals surface area contributed by atoms with Crippen molar-refractivity contribution in [3.8, 4) is 28.3 Å². The smallest absolute Gasteiger partial charge is 0.230 e. The van der Waals surface area contributed by atoms with Crippen LogP contribution in [-0.2, 0) is 11.2 Å². The van der Waals surface area contributed by atoms with E-state index in [1.165, 1.54) is 0 Å². The molecule has 0 aliphatic carbocycles. The molecule has 0 unspecified atom stereocenters. The molecule has 6 heteroatoms. The third-order valence-electron chi connectivity index (χ3n) is 4.74. The van der Waals surface area contributed by atoms with Crippen LogP contribution in [0.5, 0.6) is 5.75 Å². The number of halogens is 1. The van der Waals surface area contributed by atoms with Gasteiger partial charge in [-0.2, -0.15) is 0 Å². The summed E-state index contributed by atoms with van der Waals surface area (Å²) in [5.41, 5.74) is 4.10. The summed E-state index contributed by atoms with van der Waals surface area (Å²) in [5.74, 6) is 1.09. The average molecular weight is 521 g/mol. The summed E-state index contributed by atoms with van der Waals surface area (Å²) in [4.78, 5) is 22.0. The summed E-state index contributed by atoms with van der Waals surface area (Å²) >= 11 is 2.25. The van der Waals surface area contributed by atoms with Crippen molar-refractivity contribution in [1.82, 2.24) is 9.97 Å². The van der Waals surface area contributed by atoms with Crippen molar-refractivity contribution < 1.29 is 9.53 Å². The molecule has 1 amide bonds. The quantitative estimate of drug-likeness (QED) is 0.336. The number of nitrogens with one attached hydrogen (secondary N) is 1. The van der Waals surface area contributed by atoms with E-state index in [4.69, 9.17) is 9.72 Å². The van der Waals surface area contributed by atoms with Crippen molar-refractivity contribution >= 4 is 34.3 Å². The van der Waals surface area contributed by atoms with E-state index in [1.807, 2.05) is 78.9 Å². The Morgan fingerprint density at radius 3 is 2.32 bits per heavy atom. The highest BCUT2D eigenvalue weighted by Crippen LogP contribution is 2.28. The van der Waals surface area contributed by atoms with Gasteiger partial charge in [0.25, 0.3) is 0 Å². The zero-order valence-electron chi connectivity index (χ0n) is 16.9. The summed E-state index contributed by atoms with van der Waals surface area (Å²) < 4.78 is 6.36. The SMILES string of the molecule is COc1ccc(-c2cnc(NC(=O)Cc3ccc(I)cc3)c(-c3ccccc3)n2)cc1. The molecule has 1 aromatic heterocycles. The van der Waals surface area contributed by atoms with Crippen LogP contribution in [0.25, 0.3) is 22.5 Å². The lowest BCUT2D eigenvalue weighted by molar-refractivity contribution is -0.115. The van der Waals surface area contributed by atoms with Crippen molar-refractivity contribution in [3.05, 3.63) is 94.2 Å². The van der Waals surface area contributed by atoms with Gasteiger partial charge in [0.1, 0.15) is 11.4 Å². The van der Waals surface area contributed by atoms with Gasteiger partial charge in [-0.15, -0.1) is 0 Å². The van der Waals surface area contributed by atoms with Crippen molar-refractivity contribution in [3.63, 3.8) is 0 Å². The first-order valence-electron chi connectivity index (χ1n) is 9.73. The summed E-state index contributed by atoms with van der Waals surface area (Å²) in [5, 5.41) is 2.93. The number of methoxy groups -OCH3 is 1. The van der Waals surface area contributed by atoms with E-state index in [1.54, 1.807) is 13.3 Å². The second-order valence-electron chi connectivity index (χ2n) is 6.90. The van der Waals surface area contributed by atoms with E-state index in [0.29, 0.717) is 11.5 Å². The first-order valence-corrected chi connectivity index (χ1v) is 10.8. The predicted molar refractivity (Wildman–Crippen MR) is 131 cm³/mol. The van der Waals surface area contributed by atoms with Crippen LogP contribution in [0.3, 0.4) is 0 Å². The highest BCUT2D eigenvalue weighted by molar-refractivity contribution is 14.1. The van der Waals surface area contributed by atoms with Crippen LogP contribution in [-0.4, -0.2) is 23.0 Å². The Bertz CT molecular complexity index is 1180. The van der Waals surface area contributed by atoms with Crippen LogP contribution in [0.15, 0.2) is 85.1 Å². The van der Waals surface area contributed by atoms with Crippen LogP contribution in [0.1, 0.15) is 5.56 Å². The second-order valence-corrected chi connectivity index (χ2v) is 8.14. The van der Waals surface area contributed by atoms with Crippen LogP contribution >= 0.6 is 22.6 Å². The number of rotatable bonds is 6. The van der Waals surface area contributed by atoms with E-state index in [0.717, 1.165) is 31.7 Å². The molecular formula is C25H20IN3O2. The Morgan fingerprint density at radius 1 is 0.935 bits per heavy atom. The van der Waals surface area contributed by atoms with Crippen LogP contribution in [0, 0.1) is 3.57 Å². The zero-order valence-corrected chi connectivity index (χ0v) is 19.0. The molecule has 0 saturated carbocycles. The van der Waals surface area contributed by atoms with Gasteiger partial charge in [-0.3, -0.25) is 4.79 Å². The lowest BCUT2D eigenvalue weighted by Gasteiger charge is -2.12. The number of anilines is 1. The average Bonchev–Trinajstić information content (AvgIpc) is 2.81. The normalized spacial score (nSPS) is 10.5. The Labute approximate surface area is 194 Å². The molecule has 0 fully saturated rings. The van der Waals surface area contributed by atoms with Gasteiger partial charge in [0.2, 0.25) is 5.91 Å². The number of carbonyl (C=O) groups excluding carboxylic acids is 1. The third-order valence-corrected chi connectivity index (χ3v) is 5.46. The highest BCUT2D eigenvalue weighted by atomic mass is 127. The number of ether oxygens (including phenoxy) is 1. The van der Waals surface area contributed by atoms with Crippen molar-refractivity contribution in [2.45, 2.75) is 6.42 Å². The maximum atomic E-state index is 12.7. The topological polar surface area (TPSA) is 64.1 Å². The lowest BCUT2D eigenvalue weighted by atomic mass is 10.1. The minimum absolute atomic E-state index is 0.134. The number of hydrogen-bond acceptors (Lipinski definition) is 4. The fraction of sp³-hybridized carbons (Fsp3) is 0.0800. The molecule has 4 rings (SSSR count). The minimum Gasteiger partial charge on any atom is -0.497 e. The zero-order chi connectivity index (χ0) is 21.6. The van der Waals surface area contributed by atoms with Gasteiger partial charge >= 0.3 is 0 Å². The number of nitrogens with zero attached hydrogens (tertiary/aromatic N) is 2. The molecule has 1 heterocycles. The number of amides is 1. The van der Waals surface area contributed by atoms with Gasteiger partial charge in [-0.1, -0.05) is 42.5 Å². The number of benzene rings is 3. The van der Waals surface area contributed by atoms with E-state index in [9.17, 15) is 4.79 Å². The summed E-state index contributed by atoms with van der Waals surface area (Å²) in [6.45, 7) is 0. The molecule has 0 saturated heterocycles. The standard InChI is InChI=1S/C25H20IN3O2/c1-31-21-13-9-18(10-14-21)22-16-27-25(24(28-22)19-5-3-2-4-6-19)29-23(30)15-17-7-11-20(26)12-8-17/h2-14,16H,15H2,1H3,(H,27,29,30). The molecular weight excluding hydrogens is 501 g/mol. The van der Waals surface area contributed by atoms with Gasteiger partial charge in [0.15, 0.2) is 5.82 Å². The Morgan fingerprint density at radius 2 is 1.65 bits per heavy atom. The van der Waals surface area contributed by atoms with Crippen molar-refractivity contribution in [2.75, 3.05) is 12.4 Å². The maximum absolute atomic E-state index is 12.7. The van der Waals surface area contributed by atoms with Crippen LogP contribution in [0.2, 0.25) is 0 Å². The molecule has 0 spiro atoms. The molecule has 31 heavy (non-hydrogen) atoms. The first-order chi connectivity index (χ1) is 15.1. The highest BCUT2D eigenvalue weighted by Gasteiger charge is 2.14. The molecule has 154 valence electrons. The Hall–Kier alpha value is -3.26. The molecule has 0 atom stereocenters. The number of aromatic nitrogens is 2. The Kier molecular flexibility index (Phi) is 6.57. The minimum atomic E-state index is -0.134. The van der Waals surface area contributed by atoms with Gasteiger partial charge in [0.05, 0.1) is 25.4 Å². The molecule has 0 aliphatic heterocycles. The molecule has 0 bridgehead atoms. The Balaban J connectivity index is 1.64. The van der Waals surface area contributed by atoms with Gasteiger partial charge in [-0.05, 0) is 64.6 Å². The van der Waals surface area contributed by atoms with Crippen molar-refractivity contribution in [2.24, 2.45) is 0 Å². The lowest BCUT2D eigenvalue weighted by Crippen LogP contribution is -2.16. The molecule has 0 radical (unpaired) electrons. The maximum Gasteiger partial charge on any atom is 0.230 e. The van der Waals surface area contributed by atoms with E-state index in [2.05, 4.69) is 32.9 Å². The number of carbonyl (C=O) groups is 1. The predicted octanol–water partition coefficient (Wildman–Crippen LogP) is 5.61. The van der Waals surface area contributed by atoms with E-state index >= 15 is 0 Å². The van der Waals surface area contributed by atoms with E-state index in [-0.39, 0.29) is 12.3 Å². The fourth-order valence-electron chi connectivity index (χ4n) is 3.14. The van der Waals surface area contributed by atoms with Gasteiger partial charge in [0, 0.05) is 14.7 Å². The molecule has 3 aromatic carbocycles. The summed E-state index contributed by atoms with van der Waals surface area (Å²) in [7, 11) is 1.63. The molecule has 4 aromatic rings. The van der Waals surface area contributed by atoms with E-state index < -0.39 is 0 Å². The summed E-state index contributed by atoms with van der Waals surface area (Å²) in [6.07, 6.45) is 1.95. The molecule has 0 aliphatic rings.